The van der Waals surface area contributed by atoms with Gasteiger partial charge in [-0.3, -0.25) is 10.6 Å². The van der Waals surface area contributed by atoms with Crippen molar-refractivity contribution in [1.82, 2.24) is 4.98 Å². The Balaban J connectivity index is 1.52. The summed E-state index contributed by atoms with van der Waals surface area (Å²) in [7, 11) is 0. The van der Waals surface area contributed by atoms with Crippen LogP contribution < -0.4 is 22.3 Å². The van der Waals surface area contributed by atoms with Gasteiger partial charge in [-0.2, -0.15) is 0 Å². The van der Waals surface area contributed by atoms with Crippen LogP contribution in [0.3, 0.4) is 0 Å². The molecule has 0 unspecified atom stereocenters. The molecule has 0 saturated heterocycles. The predicted molar refractivity (Wildman–Crippen MR) is 114 cm³/mol. The summed E-state index contributed by atoms with van der Waals surface area (Å²) < 4.78 is 34.1. The van der Waals surface area contributed by atoms with Crippen molar-refractivity contribution in [2.24, 2.45) is 5.84 Å². The third-order valence-electron chi connectivity index (χ3n) is 4.90. The van der Waals surface area contributed by atoms with E-state index in [0.717, 1.165) is 18.9 Å². The zero-order valence-electron chi connectivity index (χ0n) is 16.5. The minimum atomic E-state index is -0.718. The van der Waals surface area contributed by atoms with Crippen LogP contribution in [-0.4, -0.2) is 17.0 Å². The molecule has 9 heteroatoms. The lowest BCUT2D eigenvalue weighted by atomic mass is 10.1. The van der Waals surface area contributed by atoms with Gasteiger partial charge in [0.2, 0.25) is 0 Å². The molecule has 0 spiro atoms. The largest absolute Gasteiger partial charge is 0.382 e. The molecule has 4 rings (SSSR count). The first-order valence-corrected chi connectivity index (χ1v) is 9.69. The number of nitrogen functional groups attached to an aromatic ring is 2. The van der Waals surface area contributed by atoms with Crippen molar-refractivity contribution in [2.75, 3.05) is 16.5 Å². The number of pyridine rings is 1. The molecule has 31 heavy (non-hydrogen) atoms. The molecule has 1 heterocycles. The Bertz CT molecular complexity index is 1130. The Hall–Kier alpha value is -3.56. The molecule has 1 amide bonds. The van der Waals surface area contributed by atoms with E-state index in [9.17, 15) is 13.6 Å². The number of rotatable bonds is 7. The van der Waals surface area contributed by atoms with Gasteiger partial charge in [-0.1, -0.05) is 6.07 Å². The van der Waals surface area contributed by atoms with E-state index < -0.39 is 17.5 Å². The summed E-state index contributed by atoms with van der Waals surface area (Å²) in [4.78, 5) is 16.8. The van der Waals surface area contributed by atoms with Crippen LogP contribution >= 0.6 is 0 Å². The van der Waals surface area contributed by atoms with Gasteiger partial charge in [0.15, 0.2) is 0 Å². The van der Waals surface area contributed by atoms with Crippen molar-refractivity contribution in [3.8, 4) is 11.3 Å². The second-order valence-electron chi connectivity index (χ2n) is 7.24. The Kier molecular flexibility index (Phi) is 5.79. The second-order valence-corrected chi connectivity index (χ2v) is 7.24. The number of hydrogen-bond acceptors (Lipinski definition) is 6. The maximum atomic E-state index is 14.3. The molecule has 0 radical (unpaired) electrons. The summed E-state index contributed by atoms with van der Waals surface area (Å²) in [6.07, 6.45) is 2.20. The van der Waals surface area contributed by atoms with Crippen LogP contribution in [0, 0.1) is 11.6 Å². The van der Waals surface area contributed by atoms with Gasteiger partial charge < -0.3 is 21.2 Å². The highest BCUT2D eigenvalue weighted by atomic mass is 19.1. The molecule has 1 aromatic heterocycles. The van der Waals surface area contributed by atoms with E-state index in [1.54, 1.807) is 24.3 Å². The van der Waals surface area contributed by atoms with E-state index in [1.807, 2.05) is 0 Å². The first-order valence-electron chi connectivity index (χ1n) is 9.69. The molecule has 1 aliphatic carbocycles. The minimum absolute atomic E-state index is 0.163. The average molecular weight is 425 g/mol. The number of halogens is 2. The number of carbonyl (C=O) groups excluding carboxylic acids is 1. The SMILES string of the molecule is NNc1ccc(-c2ccc(F)c(C(=O)Nc3ccc(COC4CC4)c(F)c3)c2)nc1N. The molecule has 6 N–H and O–H groups in total. The lowest BCUT2D eigenvalue weighted by molar-refractivity contribution is 0.102. The van der Waals surface area contributed by atoms with Gasteiger partial charge in [-0.25, -0.2) is 13.8 Å². The van der Waals surface area contributed by atoms with Gasteiger partial charge in [-0.15, -0.1) is 0 Å². The minimum Gasteiger partial charge on any atom is -0.382 e. The van der Waals surface area contributed by atoms with Crippen molar-refractivity contribution < 1.29 is 18.3 Å². The van der Waals surface area contributed by atoms with Gasteiger partial charge in [-0.05, 0) is 55.3 Å². The summed E-state index contributed by atoms with van der Waals surface area (Å²) in [5, 5.41) is 2.52. The molecule has 0 aliphatic heterocycles. The number of amides is 1. The zero-order valence-corrected chi connectivity index (χ0v) is 16.5. The zero-order chi connectivity index (χ0) is 22.0. The number of nitrogens with one attached hydrogen (secondary N) is 2. The topological polar surface area (TPSA) is 115 Å². The van der Waals surface area contributed by atoms with E-state index in [1.165, 1.54) is 18.2 Å². The number of ether oxygens (including phenoxy) is 1. The summed E-state index contributed by atoms with van der Waals surface area (Å²) >= 11 is 0. The summed E-state index contributed by atoms with van der Waals surface area (Å²) in [6, 6.07) is 11.5. The Morgan fingerprint density at radius 2 is 1.90 bits per heavy atom. The van der Waals surface area contributed by atoms with Gasteiger partial charge in [0.25, 0.3) is 5.91 Å². The van der Waals surface area contributed by atoms with Gasteiger partial charge in [0.05, 0.1) is 29.7 Å². The fraction of sp³-hybridized carbons (Fsp3) is 0.182. The van der Waals surface area contributed by atoms with Crippen molar-refractivity contribution >= 4 is 23.1 Å². The third kappa shape index (κ3) is 4.79. The lowest BCUT2D eigenvalue weighted by Crippen LogP contribution is -2.14. The molecule has 160 valence electrons. The van der Waals surface area contributed by atoms with Crippen LogP contribution in [-0.2, 0) is 11.3 Å². The monoisotopic (exact) mass is 425 g/mol. The molecule has 2 aromatic carbocycles. The van der Waals surface area contributed by atoms with Gasteiger partial charge >= 0.3 is 0 Å². The van der Waals surface area contributed by atoms with E-state index >= 15 is 0 Å². The van der Waals surface area contributed by atoms with Crippen molar-refractivity contribution in [2.45, 2.75) is 25.6 Å². The smallest absolute Gasteiger partial charge is 0.258 e. The molecular formula is C22H21F2N5O2. The maximum Gasteiger partial charge on any atom is 0.258 e. The lowest BCUT2D eigenvalue weighted by Gasteiger charge is -2.11. The number of aromatic nitrogens is 1. The molecule has 1 fully saturated rings. The molecule has 0 atom stereocenters. The number of benzene rings is 2. The van der Waals surface area contributed by atoms with E-state index in [-0.39, 0.29) is 29.8 Å². The Labute approximate surface area is 177 Å². The molecule has 7 nitrogen and oxygen atoms in total. The number of nitrogens with two attached hydrogens (primary N) is 2. The summed E-state index contributed by atoms with van der Waals surface area (Å²) in [5.74, 6) is 3.58. The van der Waals surface area contributed by atoms with Crippen molar-refractivity contribution in [3.05, 3.63) is 71.3 Å². The standard InChI is InChI=1S/C22H21F2N5O2/c23-17-6-2-12(19-7-8-20(29-26)21(25)28-19)9-16(17)22(30)27-14-3-1-13(18(24)10-14)11-31-15-4-5-15/h1-3,6-10,15,29H,4-5,11,26H2,(H2,25,28)(H,27,30). The van der Waals surface area contributed by atoms with Crippen LogP contribution in [0.1, 0.15) is 28.8 Å². The van der Waals surface area contributed by atoms with Crippen LogP contribution in [0.5, 0.6) is 0 Å². The molecular weight excluding hydrogens is 404 g/mol. The number of anilines is 3. The van der Waals surface area contributed by atoms with E-state index in [2.05, 4.69) is 15.7 Å². The highest BCUT2D eigenvalue weighted by molar-refractivity contribution is 6.05. The van der Waals surface area contributed by atoms with Crippen molar-refractivity contribution in [1.29, 1.82) is 0 Å². The fourth-order valence-electron chi connectivity index (χ4n) is 3.00. The third-order valence-corrected chi connectivity index (χ3v) is 4.90. The predicted octanol–water partition coefficient (Wildman–Crippen LogP) is 3.83. The van der Waals surface area contributed by atoms with Crippen LogP contribution in [0.4, 0.5) is 26.0 Å². The number of hydrazine groups is 1. The molecule has 1 saturated carbocycles. The molecule has 3 aromatic rings. The first-order chi connectivity index (χ1) is 14.9. The number of carbonyl (C=O) groups is 1. The molecule has 0 bridgehead atoms. The highest BCUT2D eigenvalue weighted by Crippen LogP contribution is 2.27. The summed E-state index contributed by atoms with van der Waals surface area (Å²) in [6.45, 7) is 0.177. The fourth-order valence-corrected chi connectivity index (χ4v) is 3.00. The van der Waals surface area contributed by atoms with Crippen molar-refractivity contribution in [3.63, 3.8) is 0 Å². The van der Waals surface area contributed by atoms with E-state index in [4.69, 9.17) is 16.3 Å². The van der Waals surface area contributed by atoms with Crippen LogP contribution in [0.2, 0.25) is 0 Å². The first kappa shape index (κ1) is 20.7. The highest BCUT2D eigenvalue weighted by Gasteiger charge is 2.22. The number of nitrogens with zero attached hydrogens (tertiary/aromatic N) is 1. The Morgan fingerprint density at radius 3 is 2.58 bits per heavy atom. The summed E-state index contributed by atoms with van der Waals surface area (Å²) in [5.41, 5.74) is 10.0. The number of hydrogen-bond donors (Lipinski definition) is 4. The quantitative estimate of drug-likeness (QED) is 0.338. The molecule has 1 aliphatic rings. The van der Waals surface area contributed by atoms with Gasteiger partial charge in [0.1, 0.15) is 17.5 Å². The Morgan fingerprint density at radius 1 is 1.10 bits per heavy atom. The maximum absolute atomic E-state index is 14.3. The van der Waals surface area contributed by atoms with Gasteiger partial charge in [0, 0.05) is 16.8 Å². The second kappa shape index (κ2) is 8.66. The average Bonchev–Trinajstić information content (AvgIpc) is 3.58. The van der Waals surface area contributed by atoms with Crippen LogP contribution in [0.25, 0.3) is 11.3 Å². The van der Waals surface area contributed by atoms with E-state index in [0.29, 0.717) is 22.5 Å². The van der Waals surface area contributed by atoms with Crippen LogP contribution in [0.15, 0.2) is 48.5 Å². The normalized spacial score (nSPS) is 13.1.